The Balaban J connectivity index is 1.66. The van der Waals surface area contributed by atoms with E-state index >= 15 is 0 Å². The van der Waals surface area contributed by atoms with E-state index in [1.54, 1.807) is 24.4 Å². The molecule has 156 valence electrons. The topological polar surface area (TPSA) is 42.8 Å². The van der Waals surface area contributed by atoms with Crippen molar-refractivity contribution in [1.29, 1.82) is 0 Å². The van der Waals surface area contributed by atoms with Crippen LogP contribution in [-0.2, 0) is 13.2 Å². The van der Waals surface area contributed by atoms with Crippen LogP contribution in [0.15, 0.2) is 65.8 Å². The lowest BCUT2D eigenvalue weighted by molar-refractivity contribution is 0.269. The van der Waals surface area contributed by atoms with Crippen molar-refractivity contribution in [2.75, 3.05) is 6.61 Å². The number of halogens is 3. The van der Waals surface area contributed by atoms with E-state index in [0.717, 1.165) is 16.7 Å². The molecule has 1 N–H and O–H groups in total. The maximum absolute atomic E-state index is 13.1. The fourth-order valence-corrected chi connectivity index (χ4v) is 3.06. The molecule has 0 atom stereocenters. The second-order valence-electron chi connectivity index (χ2n) is 6.40. The van der Waals surface area contributed by atoms with Crippen molar-refractivity contribution in [2.45, 2.75) is 20.1 Å². The number of nitrogens with one attached hydrogen (secondary N) is 1. The number of benzene rings is 3. The van der Waals surface area contributed by atoms with E-state index < -0.39 is 0 Å². The molecule has 0 aliphatic heterocycles. The summed E-state index contributed by atoms with van der Waals surface area (Å²) in [6.07, 6.45) is 1.66. The van der Waals surface area contributed by atoms with Gasteiger partial charge in [0, 0.05) is 5.02 Å². The van der Waals surface area contributed by atoms with Crippen LogP contribution in [0.3, 0.4) is 0 Å². The van der Waals surface area contributed by atoms with Crippen LogP contribution in [0.5, 0.6) is 11.5 Å². The Morgan fingerprint density at radius 1 is 0.967 bits per heavy atom. The van der Waals surface area contributed by atoms with E-state index in [2.05, 4.69) is 10.5 Å². The van der Waals surface area contributed by atoms with E-state index in [9.17, 15) is 4.39 Å². The second kappa shape index (κ2) is 10.9. The molecule has 0 amide bonds. The molecule has 3 aromatic rings. The minimum Gasteiger partial charge on any atom is -0.490 e. The molecule has 3 aromatic carbocycles. The van der Waals surface area contributed by atoms with Crippen molar-refractivity contribution < 1.29 is 13.9 Å². The Labute approximate surface area is 185 Å². The monoisotopic (exact) mass is 446 g/mol. The summed E-state index contributed by atoms with van der Waals surface area (Å²) < 4.78 is 24.6. The van der Waals surface area contributed by atoms with Gasteiger partial charge in [-0.1, -0.05) is 47.5 Å². The van der Waals surface area contributed by atoms with Crippen molar-refractivity contribution >= 4 is 29.4 Å². The third-order valence-electron chi connectivity index (χ3n) is 4.13. The Morgan fingerprint density at radius 3 is 2.37 bits per heavy atom. The van der Waals surface area contributed by atoms with Gasteiger partial charge in [0.2, 0.25) is 0 Å². The lowest BCUT2D eigenvalue weighted by Crippen LogP contribution is -2.06. The van der Waals surface area contributed by atoms with E-state index in [1.807, 2.05) is 37.3 Å². The molecule has 30 heavy (non-hydrogen) atoms. The number of hydrazone groups is 1. The van der Waals surface area contributed by atoms with E-state index in [1.165, 1.54) is 12.1 Å². The lowest BCUT2D eigenvalue weighted by Gasteiger charge is -2.14. The van der Waals surface area contributed by atoms with E-state index in [0.29, 0.717) is 34.7 Å². The molecule has 0 unspecified atom stereocenters. The predicted molar refractivity (Wildman–Crippen MR) is 119 cm³/mol. The van der Waals surface area contributed by atoms with Crippen LogP contribution in [0, 0.1) is 5.82 Å². The average molecular weight is 447 g/mol. The smallest absolute Gasteiger partial charge is 0.180 e. The zero-order valence-electron chi connectivity index (χ0n) is 16.4. The Hall–Kier alpha value is -2.76. The highest BCUT2D eigenvalue weighted by Crippen LogP contribution is 2.37. The molecule has 0 aliphatic rings. The van der Waals surface area contributed by atoms with Gasteiger partial charge in [0.1, 0.15) is 12.4 Å². The average Bonchev–Trinajstić information content (AvgIpc) is 2.73. The minimum atomic E-state index is -0.292. The lowest BCUT2D eigenvalue weighted by atomic mass is 10.2. The van der Waals surface area contributed by atoms with Crippen molar-refractivity contribution in [2.24, 2.45) is 5.10 Å². The van der Waals surface area contributed by atoms with Crippen molar-refractivity contribution in [3.63, 3.8) is 0 Å². The molecule has 3 rings (SSSR count). The molecule has 0 spiro atoms. The van der Waals surface area contributed by atoms with Gasteiger partial charge >= 0.3 is 0 Å². The summed E-state index contributed by atoms with van der Waals surface area (Å²) in [7, 11) is 0. The second-order valence-corrected chi connectivity index (χ2v) is 7.24. The standard InChI is InChI=1S/C23H21Cl2FN2O2/c1-2-29-22-12-18(14-28-27-13-16-3-7-19(24)8-4-16)11-21(25)23(22)30-15-17-5-9-20(26)10-6-17/h3-12,14,27H,2,13,15H2,1H3/b28-14-. The van der Waals surface area contributed by atoms with Gasteiger partial charge in [-0.3, -0.25) is 0 Å². The Bertz CT molecular complexity index is 993. The summed E-state index contributed by atoms with van der Waals surface area (Å²) in [5.74, 6) is 0.667. The maximum atomic E-state index is 13.1. The predicted octanol–water partition coefficient (Wildman–Crippen LogP) is 6.23. The molecule has 0 saturated carbocycles. The Kier molecular flexibility index (Phi) is 7.94. The molecular weight excluding hydrogens is 426 g/mol. The number of hydrogen-bond donors (Lipinski definition) is 1. The van der Waals surface area contributed by atoms with Crippen LogP contribution in [-0.4, -0.2) is 12.8 Å². The first kappa shape index (κ1) is 21.9. The van der Waals surface area contributed by atoms with Gasteiger partial charge in [-0.05, 0) is 60.0 Å². The molecule has 0 radical (unpaired) electrons. The highest BCUT2D eigenvalue weighted by atomic mass is 35.5. The number of nitrogens with zero attached hydrogens (tertiary/aromatic N) is 1. The molecule has 7 heteroatoms. The zero-order valence-corrected chi connectivity index (χ0v) is 17.9. The van der Waals surface area contributed by atoms with Gasteiger partial charge in [-0.15, -0.1) is 0 Å². The summed E-state index contributed by atoms with van der Waals surface area (Å²) in [4.78, 5) is 0. The first-order valence-electron chi connectivity index (χ1n) is 9.39. The zero-order chi connectivity index (χ0) is 21.3. The van der Waals surface area contributed by atoms with Crippen LogP contribution < -0.4 is 14.9 Å². The van der Waals surface area contributed by atoms with E-state index in [4.69, 9.17) is 32.7 Å². The van der Waals surface area contributed by atoms with Crippen molar-refractivity contribution in [3.8, 4) is 11.5 Å². The summed E-state index contributed by atoms with van der Waals surface area (Å²) in [5, 5.41) is 5.34. The van der Waals surface area contributed by atoms with Crippen LogP contribution >= 0.6 is 23.2 Å². The highest BCUT2D eigenvalue weighted by Gasteiger charge is 2.12. The van der Waals surface area contributed by atoms with Gasteiger partial charge in [0.25, 0.3) is 0 Å². The van der Waals surface area contributed by atoms with Crippen LogP contribution in [0.1, 0.15) is 23.6 Å². The fourth-order valence-electron chi connectivity index (χ4n) is 2.66. The summed E-state index contributed by atoms with van der Waals surface area (Å²) in [6.45, 7) is 3.15. The molecule has 0 aromatic heterocycles. The number of ether oxygens (including phenoxy) is 2. The van der Waals surface area contributed by atoms with Crippen LogP contribution in [0.4, 0.5) is 4.39 Å². The molecule has 0 saturated heterocycles. The van der Waals surface area contributed by atoms with Crippen molar-refractivity contribution in [1.82, 2.24) is 5.43 Å². The highest BCUT2D eigenvalue weighted by molar-refractivity contribution is 6.32. The molecule has 0 fully saturated rings. The Morgan fingerprint density at radius 2 is 1.67 bits per heavy atom. The van der Waals surface area contributed by atoms with Gasteiger partial charge in [-0.25, -0.2) is 4.39 Å². The fraction of sp³-hybridized carbons (Fsp3) is 0.174. The van der Waals surface area contributed by atoms with Gasteiger partial charge in [0.05, 0.1) is 24.4 Å². The minimum absolute atomic E-state index is 0.246. The van der Waals surface area contributed by atoms with Gasteiger partial charge < -0.3 is 14.9 Å². The SMILES string of the molecule is CCOc1cc(/C=N\NCc2ccc(Cl)cc2)cc(Cl)c1OCc1ccc(F)cc1. The summed E-state index contributed by atoms with van der Waals surface area (Å²) in [5.41, 5.74) is 5.64. The summed E-state index contributed by atoms with van der Waals surface area (Å²) >= 11 is 12.3. The molecule has 0 aliphatic carbocycles. The van der Waals surface area contributed by atoms with Gasteiger partial charge in [0.15, 0.2) is 11.5 Å². The molecular formula is C23H21Cl2FN2O2. The number of rotatable bonds is 9. The van der Waals surface area contributed by atoms with Crippen LogP contribution in [0.2, 0.25) is 10.0 Å². The third kappa shape index (κ3) is 6.37. The normalized spacial score (nSPS) is 10.9. The van der Waals surface area contributed by atoms with Crippen molar-refractivity contribution in [3.05, 3.63) is 93.2 Å². The first-order valence-corrected chi connectivity index (χ1v) is 10.1. The van der Waals surface area contributed by atoms with E-state index in [-0.39, 0.29) is 12.4 Å². The first-order chi connectivity index (χ1) is 14.5. The van der Waals surface area contributed by atoms with Gasteiger partial charge in [-0.2, -0.15) is 5.10 Å². The molecule has 4 nitrogen and oxygen atoms in total. The number of hydrogen-bond acceptors (Lipinski definition) is 4. The molecule has 0 heterocycles. The van der Waals surface area contributed by atoms with Crippen LogP contribution in [0.25, 0.3) is 0 Å². The maximum Gasteiger partial charge on any atom is 0.180 e. The summed E-state index contributed by atoms with van der Waals surface area (Å²) in [6, 6.07) is 17.2. The molecule has 0 bridgehead atoms. The third-order valence-corrected chi connectivity index (χ3v) is 4.66. The largest absolute Gasteiger partial charge is 0.490 e. The quantitative estimate of drug-likeness (QED) is 0.312.